The molecule has 0 aliphatic carbocycles. The molecular weight excluding hydrogens is 428 g/mol. The molecule has 5 rings (SSSR count). The van der Waals surface area contributed by atoms with Gasteiger partial charge in [0.1, 0.15) is 40.5 Å². The van der Waals surface area contributed by atoms with E-state index in [1.807, 2.05) is 42.5 Å². The van der Waals surface area contributed by atoms with Gasteiger partial charge in [-0.15, -0.1) is 0 Å². The maximum absolute atomic E-state index is 13.1. The highest BCUT2D eigenvalue weighted by molar-refractivity contribution is 7.99. The normalized spacial score (nSPS) is 15.7. The van der Waals surface area contributed by atoms with Gasteiger partial charge in [-0.1, -0.05) is 30.0 Å². The number of nitrogens with two attached hydrogens (primary N) is 1. The van der Waals surface area contributed by atoms with E-state index in [4.69, 9.17) is 19.8 Å². The van der Waals surface area contributed by atoms with Crippen LogP contribution < -0.4 is 5.73 Å². The van der Waals surface area contributed by atoms with Crippen LogP contribution in [-0.4, -0.2) is 32.3 Å². The van der Waals surface area contributed by atoms with Crippen LogP contribution in [0.2, 0.25) is 0 Å². The average molecular weight is 444 g/mol. The van der Waals surface area contributed by atoms with Gasteiger partial charge >= 0.3 is 0 Å². The minimum absolute atomic E-state index is 0.0411. The Labute approximate surface area is 186 Å². The highest BCUT2D eigenvalue weighted by Gasteiger charge is 2.36. The number of fused-ring (bicyclic) bond motifs is 1. The zero-order valence-electron chi connectivity index (χ0n) is 16.6. The molecule has 1 atom stereocenters. The fourth-order valence-corrected chi connectivity index (χ4v) is 4.12. The minimum Gasteiger partial charge on any atom is -0.467 e. The summed E-state index contributed by atoms with van der Waals surface area (Å²) in [5.74, 6) is 1.14. The second kappa shape index (κ2) is 8.20. The first-order chi connectivity index (χ1) is 15.6. The number of carbonyl (C=O) groups is 1. The van der Waals surface area contributed by atoms with Crippen molar-refractivity contribution in [2.75, 3.05) is 11.5 Å². The van der Waals surface area contributed by atoms with Crippen LogP contribution in [0, 0.1) is 11.3 Å². The number of hydrogen-bond donors (Lipinski definition) is 1. The molecule has 4 heterocycles. The molecule has 1 aliphatic heterocycles. The van der Waals surface area contributed by atoms with Crippen molar-refractivity contribution in [3.8, 4) is 6.07 Å². The number of furan rings is 2. The van der Waals surface area contributed by atoms with Crippen molar-refractivity contribution in [2.45, 2.75) is 17.6 Å². The summed E-state index contributed by atoms with van der Waals surface area (Å²) in [5, 5.41) is 16.2. The van der Waals surface area contributed by atoms with E-state index in [0.717, 1.165) is 22.7 Å². The Morgan fingerprint density at radius 2 is 2.19 bits per heavy atom. The molecule has 4 aromatic rings. The van der Waals surface area contributed by atoms with Gasteiger partial charge in [0, 0.05) is 11.8 Å². The summed E-state index contributed by atoms with van der Waals surface area (Å²) in [5.41, 5.74) is 7.35. The van der Waals surface area contributed by atoms with Crippen molar-refractivity contribution in [1.82, 2.24) is 15.0 Å². The summed E-state index contributed by atoms with van der Waals surface area (Å²) in [6.45, 7) is 0. The Bertz CT molecular complexity index is 1340. The lowest BCUT2D eigenvalue weighted by atomic mass is 10.1. The number of aromatic nitrogens is 2. The molecular formula is C22H16N6O3S. The predicted molar refractivity (Wildman–Crippen MR) is 118 cm³/mol. The van der Waals surface area contributed by atoms with Crippen LogP contribution in [0.4, 0.5) is 5.82 Å². The number of amides is 1. The molecule has 0 radical (unpaired) electrons. The number of benzene rings is 1. The second-order valence-electron chi connectivity index (χ2n) is 7.02. The number of thioether (sulfide) groups is 1. The highest BCUT2D eigenvalue weighted by atomic mass is 32.2. The van der Waals surface area contributed by atoms with Gasteiger partial charge in [-0.25, -0.2) is 15.0 Å². The molecule has 0 unspecified atom stereocenters. The first kappa shape index (κ1) is 19.8. The lowest BCUT2D eigenvalue weighted by molar-refractivity contribution is -0.130. The Morgan fingerprint density at radius 1 is 1.31 bits per heavy atom. The molecule has 0 spiro atoms. The molecule has 3 aromatic heterocycles. The number of nitrogen functional groups attached to an aromatic ring is 1. The van der Waals surface area contributed by atoms with E-state index >= 15 is 0 Å². The fourth-order valence-electron chi connectivity index (χ4n) is 3.44. The molecule has 2 N–H and O–H groups in total. The van der Waals surface area contributed by atoms with Crippen molar-refractivity contribution in [1.29, 1.82) is 5.26 Å². The summed E-state index contributed by atoms with van der Waals surface area (Å²) in [6, 6.07) is 14.7. The monoisotopic (exact) mass is 444 g/mol. The standard InChI is InChI=1S/C22H16N6O3S/c23-10-14-11-25-22(26-21(14)24)32-12-20(29)28-16(18-6-3-7-30-18)9-15(27-28)19-8-13-4-1-2-5-17(13)31-19/h1-8,11,16H,9,12H2,(H2,24,25,26)/t16-/m0/s1. The lowest BCUT2D eigenvalue weighted by Gasteiger charge is -2.19. The molecule has 9 nitrogen and oxygen atoms in total. The molecule has 1 aliphatic rings. The third-order valence-electron chi connectivity index (χ3n) is 4.99. The maximum atomic E-state index is 13.1. The third kappa shape index (κ3) is 3.70. The molecule has 0 fully saturated rings. The van der Waals surface area contributed by atoms with Gasteiger partial charge in [-0.05, 0) is 24.3 Å². The lowest BCUT2D eigenvalue weighted by Crippen LogP contribution is -2.28. The third-order valence-corrected chi connectivity index (χ3v) is 5.83. The van der Waals surface area contributed by atoms with Crippen LogP contribution in [-0.2, 0) is 4.79 Å². The van der Waals surface area contributed by atoms with Crippen LogP contribution in [0.25, 0.3) is 11.0 Å². The average Bonchev–Trinajstić information content (AvgIpc) is 3.56. The molecule has 0 saturated heterocycles. The number of carbonyl (C=O) groups excluding carboxylic acids is 1. The van der Waals surface area contributed by atoms with Gasteiger partial charge in [0.2, 0.25) is 0 Å². The van der Waals surface area contributed by atoms with Crippen molar-refractivity contribution in [2.24, 2.45) is 5.10 Å². The van der Waals surface area contributed by atoms with Crippen LogP contribution >= 0.6 is 11.8 Å². The van der Waals surface area contributed by atoms with E-state index in [9.17, 15) is 4.79 Å². The zero-order chi connectivity index (χ0) is 22.1. The fraction of sp³-hybridized carbons (Fsp3) is 0.136. The van der Waals surface area contributed by atoms with Gasteiger partial charge < -0.3 is 14.6 Å². The Kier molecular flexibility index (Phi) is 5.09. The molecule has 32 heavy (non-hydrogen) atoms. The molecule has 0 saturated carbocycles. The van der Waals surface area contributed by atoms with Crippen molar-refractivity contribution in [3.05, 3.63) is 72.0 Å². The first-order valence-electron chi connectivity index (χ1n) is 9.69. The number of hydrogen-bond acceptors (Lipinski definition) is 9. The number of anilines is 1. The molecule has 0 bridgehead atoms. The molecule has 158 valence electrons. The predicted octanol–water partition coefficient (Wildman–Crippen LogP) is 3.74. The van der Waals surface area contributed by atoms with Gasteiger partial charge in [-0.2, -0.15) is 10.4 Å². The quantitative estimate of drug-likeness (QED) is 0.363. The summed E-state index contributed by atoms with van der Waals surface area (Å²) < 4.78 is 11.5. The van der Waals surface area contributed by atoms with E-state index in [2.05, 4.69) is 15.1 Å². The van der Waals surface area contributed by atoms with Crippen LogP contribution in [0.5, 0.6) is 0 Å². The number of hydrazone groups is 1. The van der Waals surface area contributed by atoms with E-state index in [1.165, 1.54) is 11.2 Å². The van der Waals surface area contributed by atoms with Gasteiger partial charge in [-0.3, -0.25) is 4.79 Å². The smallest absolute Gasteiger partial charge is 0.253 e. The van der Waals surface area contributed by atoms with E-state index in [1.54, 1.807) is 12.3 Å². The Hall–Kier alpha value is -4.10. The van der Waals surface area contributed by atoms with Crippen LogP contribution in [0.1, 0.15) is 29.5 Å². The maximum Gasteiger partial charge on any atom is 0.253 e. The summed E-state index contributed by atoms with van der Waals surface area (Å²) in [7, 11) is 0. The Balaban J connectivity index is 1.39. The number of nitriles is 1. The highest BCUT2D eigenvalue weighted by Crippen LogP contribution is 2.35. The largest absolute Gasteiger partial charge is 0.467 e. The summed E-state index contributed by atoms with van der Waals surface area (Å²) >= 11 is 1.12. The van der Waals surface area contributed by atoms with E-state index < -0.39 is 0 Å². The first-order valence-corrected chi connectivity index (χ1v) is 10.7. The van der Waals surface area contributed by atoms with Crippen LogP contribution in [0.3, 0.4) is 0 Å². The van der Waals surface area contributed by atoms with Gasteiger partial charge in [0.05, 0.1) is 18.2 Å². The summed E-state index contributed by atoms with van der Waals surface area (Å²) in [6.07, 6.45) is 3.37. The minimum atomic E-state index is -0.381. The van der Waals surface area contributed by atoms with E-state index in [-0.39, 0.29) is 29.1 Å². The molecule has 1 aromatic carbocycles. The second-order valence-corrected chi connectivity index (χ2v) is 7.96. The number of para-hydroxylation sites is 1. The van der Waals surface area contributed by atoms with Crippen molar-refractivity contribution < 1.29 is 13.6 Å². The Morgan fingerprint density at radius 3 is 2.94 bits per heavy atom. The van der Waals surface area contributed by atoms with Gasteiger partial charge in [0.15, 0.2) is 10.9 Å². The number of rotatable bonds is 5. The number of nitrogens with zero attached hydrogens (tertiary/aromatic N) is 5. The molecule has 10 heteroatoms. The molecule has 1 amide bonds. The SMILES string of the molecule is N#Cc1cnc(SCC(=O)N2N=C(c3cc4ccccc4o3)C[C@H]2c2ccco2)nc1N. The summed E-state index contributed by atoms with van der Waals surface area (Å²) in [4.78, 5) is 21.2. The van der Waals surface area contributed by atoms with E-state index in [0.29, 0.717) is 28.8 Å². The topological polar surface area (TPSA) is 135 Å². The van der Waals surface area contributed by atoms with Crippen molar-refractivity contribution in [3.63, 3.8) is 0 Å². The van der Waals surface area contributed by atoms with Crippen LogP contribution in [0.15, 0.2) is 74.0 Å². The van der Waals surface area contributed by atoms with Crippen molar-refractivity contribution >= 4 is 40.2 Å². The van der Waals surface area contributed by atoms with Gasteiger partial charge in [0.25, 0.3) is 5.91 Å². The zero-order valence-corrected chi connectivity index (χ0v) is 17.5.